The zero-order valence-electron chi connectivity index (χ0n) is 7.89. The lowest BCUT2D eigenvalue weighted by atomic mass is 10.4. The molecule has 0 aromatic carbocycles. The lowest BCUT2D eigenvalue weighted by Gasteiger charge is -1.93. The Labute approximate surface area is 79.6 Å². The standard InChI is InChI=1S/C9H9N3O2/c1-6(13)12-8-7(4-3-5-10-8)11(2)9(12)14/h3-5H,1-2H3. The van der Waals surface area contributed by atoms with Gasteiger partial charge in [0.25, 0.3) is 0 Å². The minimum atomic E-state index is -0.355. The van der Waals surface area contributed by atoms with Crippen LogP contribution in [0.3, 0.4) is 0 Å². The number of carbonyl (C=O) groups excluding carboxylic acids is 1. The second-order valence-electron chi connectivity index (χ2n) is 3.04. The van der Waals surface area contributed by atoms with E-state index in [1.165, 1.54) is 11.5 Å². The highest BCUT2D eigenvalue weighted by molar-refractivity contribution is 5.86. The average molecular weight is 191 g/mol. The zero-order chi connectivity index (χ0) is 10.3. The van der Waals surface area contributed by atoms with E-state index in [-0.39, 0.29) is 11.6 Å². The third-order valence-electron chi connectivity index (χ3n) is 2.13. The Bertz CT molecular complexity index is 565. The first-order valence-corrected chi connectivity index (χ1v) is 4.16. The minimum Gasteiger partial charge on any atom is -0.293 e. The van der Waals surface area contributed by atoms with Gasteiger partial charge in [0, 0.05) is 20.2 Å². The van der Waals surface area contributed by atoms with Crippen LogP contribution in [0.5, 0.6) is 0 Å². The molecule has 0 saturated heterocycles. The van der Waals surface area contributed by atoms with Crippen LogP contribution in [0.2, 0.25) is 0 Å². The van der Waals surface area contributed by atoms with Gasteiger partial charge in [-0.05, 0) is 12.1 Å². The van der Waals surface area contributed by atoms with Crippen molar-refractivity contribution >= 4 is 17.1 Å². The van der Waals surface area contributed by atoms with Gasteiger partial charge in [0.1, 0.15) is 0 Å². The lowest BCUT2D eigenvalue weighted by Crippen LogP contribution is -2.26. The number of rotatable bonds is 0. The van der Waals surface area contributed by atoms with Crippen LogP contribution in [-0.4, -0.2) is 20.0 Å². The van der Waals surface area contributed by atoms with Crippen LogP contribution < -0.4 is 5.69 Å². The van der Waals surface area contributed by atoms with E-state index in [4.69, 9.17) is 0 Å². The smallest absolute Gasteiger partial charge is 0.293 e. The molecule has 72 valence electrons. The number of hydrogen-bond acceptors (Lipinski definition) is 3. The molecule has 0 bridgehead atoms. The number of carbonyl (C=O) groups is 1. The van der Waals surface area contributed by atoms with Crippen molar-refractivity contribution in [3.05, 3.63) is 28.8 Å². The Morgan fingerprint density at radius 2 is 2.21 bits per heavy atom. The summed E-state index contributed by atoms with van der Waals surface area (Å²) in [5.74, 6) is -0.320. The van der Waals surface area contributed by atoms with Gasteiger partial charge in [-0.25, -0.2) is 14.3 Å². The summed E-state index contributed by atoms with van der Waals surface area (Å²) in [7, 11) is 1.62. The van der Waals surface area contributed by atoms with Crippen molar-refractivity contribution in [2.45, 2.75) is 6.92 Å². The van der Waals surface area contributed by atoms with Crippen molar-refractivity contribution in [3.8, 4) is 0 Å². The molecule has 0 radical (unpaired) electrons. The molecular weight excluding hydrogens is 182 g/mol. The molecule has 0 amide bonds. The fourth-order valence-corrected chi connectivity index (χ4v) is 1.45. The number of aromatic nitrogens is 3. The Morgan fingerprint density at radius 3 is 2.86 bits per heavy atom. The highest BCUT2D eigenvalue weighted by Crippen LogP contribution is 2.07. The minimum absolute atomic E-state index is 0.320. The molecule has 0 unspecified atom stereocenters. The largest absolute Gasteiger partial charge is 0.336 e. The van der Waals surface area contributed by atoms with Gasteiger partial charge in [-0.15, -0.1) is 0 Å². The number of fused-ring (bicyclic) bond motifs is 1. The Balaban J connectivity index is 3.03. The van der Waals surface area contributed by atoms with E-state index in [0.717, 1.165) is 4.57 Å². The second kappa shape index (κ2) is 2.80. The van der Waals surface area contributed by atoms with Gasteiger partial charge in [0.2, 0.25) is 5.91 Å². The molecule has 2 aromatic rings. The quantitative estimate of drug-likeness (QED) is 0.605. The Morgan fingerprint density at radius 1 is 1.50 bits per heavy atom. The summed E-state index contributed by atoms with van der Waals surface area (Å²) in [6, 6.07) is 3.48. The molecule has 0 saturated carbocycles. The van der Waals surface area contributed by atoms with Crippen molar-refractivity contribution in [1.29, 1.82) is 0 Å². The third kappa shape index (κ3) is 0.985. The van der Waals surface area contributed by atoms with Crippen molar-refractivity contribution in [1.82, 2.24) is 14.1 Å². The number of aryl methyl sites for hydroxylation is 1. The monoisotopic (exact) mass is 191 g/mol. The van der Waals surface area contributed by atoms with E-state index in [1.54, 1.807) is 25.4 Å². The van der Waals surface area contributed by atoms with Crippen molar-refractivity contribution < 1.29 is 4.79 Å². The molecule has 0 atom stereocenters. The van der Waals surface area contributed by atoms with Crippen LogP contribution in [0.1, 0.15) is 11.7 Å². The molecule has 0 spiro atoms. The Kier molecular flexibility index (Phi) is 1.73. The average Bonchev–Trinajstić information content (AvgIpc) is 2.41. The van der Waals surface area contributed by atoms with Gasteiger partial charge in [-0.2, -0.15) is 0 Å². The van der Waals surface area contributed by atoms with E-state index in [0.29, 0.717) is 11.2 Å². The second-order valence-corrected chi connectivity index (χ2v) is 3.04. The van der Waals surface area contributed by atoms with Crippen molar-refractivity contribution in [3.63, 3.8) is 0 Å². The van der Waals surface area contributed by atoms with Crippen LogP contribution in [0, 0.1) is 0 Å². The SMILES string of the molecule is CC(=O)n1c(=O)n(C)c2cccnc21. The molecule has 5 nitrogen and oxygen atoms in total. The molecule has 2 aromatic heterocycles. The van der Waals surface area contributed by atoms with Gasteiger partial charge >= 0.3 is 5.69 Å². The summed E-state index contributed by atoms with van der Waals surface area (Å²) in [6.45, 7) is 1.34. The number of pyridine rings is 1. The Hall–Kier alpha value is -1.91. The predicted octanol–water partition coefficient (Wildman–Crippen LogP) is 0.395. The number of imidazole rings is 1. The van der Waals surface area contributed by atoms with E-state index in [2.05, 4.69) is 4.98 Å². The van der Waals surface area contributed by atoms with E-state index < -0.39 is 0 Å². The van der Waals surface area contributed by atoms with Crippen LogP contribution in [-0.2, 0) is 7.05 Å². The highest BCUT2D eigenvalue weighted by atomic mass is 16.2. The van der Waals surface area contributed by atoms with Crippen LogP contribution in [0.4, 0.5) is 0 Å². The topological polar surface area (TPSA) is 56.9 Å². The van der Waals surface area contributed by atoms with Gasteiger partial charge in [-0.3, -0.25) is 9.36 Å². The number of nitrogens with zero attached hydrogens (tertiary/aromatic N) is 3. The summed E-state index contributed by atoms with van der Waals surface area (Å²) >= 11 is 0. The van der Waals surface area contributed by atoms with E-state index in [1.807, 2.05) is 0 Å². The number of hydrogen-bond donors (Lipinski definition) is 0. The maximum Gasteiger partial charge on any atom is 0.336 e. The highest BCUT2D eigenvalue weighted by Gasteiger charge is 2.13. The molecule has 2 rings (SSSR count). The fraction of sp³-hybridized carbons (Fsp3) is 0.222. The molecule has 0 aliphatic heterocycles. The molecule has 14 heavy (non-hydrogen) atoms. The summed E-state index contributed by atoms with van der Waals surface area (Å²) in [4.78, 5) is 26.8. The predicted molar refractivity (Wildman–Crippen MR) is 51.3 cm³/mol. The van der Waals surface area contributed by atoms with Crippen molar-refractivity contribution in [2.75, 3.05) is 0 Å². The first-order valence-electron chi connectivity index (χ1n) is 4.16. The van der Waals surface area contributed by atoms with Gasteiger partial charge < -0.3 is 0 Å². The van der Waals surface area contributed by atoms with Gasteiger partial charge in [0.05, 0.1) is 5.52 Å². The van der Waals surface area contributed by atoms with E-state index >= 15 is 0 Å². The van der Waals surface area contributed by atoms with Gasteiger partial charge in [0.15, 0.2) is 5.65 Å². The molecule has 0 aliphatic rings. The van der Waals surface area contributed by atoms with E-state index in [9.17, 15) is 9.59 Å². The molecule has 0 aliphatic carbocycles. The first kappa shape index (κ1) is 8.68. The fourth-order valence-electron chi connectivity index (χ4n) is 1.45. The zero-order valence-corrected chi connectivity index (χ0v) is 7.89. The van der Waals surface area contributed by atoms with Crippen LogP contribution in [0.15, 0.2) is 23.1 Å². The lowest BCUT2D eigenvalue weighted by molar-refractivity contribution is 0.0936. The maximum absolute atomic E-state index is 11.6. The summed E-state index contributed by atoms with van der Waals surface area (Å²) in [5.41, 5.74) is 0.714. The summed E-state index contributed by atoms with van der Waals surface area (Å²) in [6.07, 6.45) is 1.56. The molecule has 2 heterocycles. The van der Waals surface area contributed by atoms with Gasteiger partial charge in [-0.1, -0.05) is 0 Å². The van der Waals surface area contributed by atoms with Crippen LogP contribution >= 0.6 is 0 Å². The third-order valence-corrected chi connectivity index (χ3v) is 2.13. The summed E-state index contributed by atoms with van der Waals surface area (Å²) < 4.78 is 2.47. The maximum atomic E-state index is 11.6. The van der Waals surface area contributed by atoms with Crippen molar-refractivity contribution in [2.24, 2.45) is 7.05 Å². The van der Waals surface area contributed by atoms with Crippen LogP contribution in [0.25, 0.3) is 11.2 Å². The molecule has 5 heteroatoms. The molecule has 0 fully saturated rings. The molecular formula is C9H9N3O2. The normalized spacial score (nSPS) is 10.7. The summed E-state index contributed by atoms with van der Waals surface area (Å²) in [5, 5.41) is 0. The first-order chi connectivity index (χ1) is 6.63. The molecule has 0 N–H and O–H groups in total.